The summed E-state index contributed by atoms with van der Waals surface area (Å²) in [7, 11) is 0. The van der Waals surface area contributed by atoms with Crippen molar-refractivity contribution in [2.45, 2.75) is 20.8 Å². The van der Waals surface area contributed by atoms with Crippen LogP contribution in [0.1, 0.15) is 25.0 Å². The molecule has 0 atom stereocenters. The fourth-order valence-electron chi connectivity index (χ4n) is 0.837. The van der Waals surface area contributed by atoms with Crippen LogP contribution in [0.4, 0.5) is 0 Å². The Morgan fingerprint density at radius 1 is 1.33 bits per heavy atom. The molecule has 0 heterocycles. The molecule has 0 aliphatic carbocycles. The highest BCUT2D eigenvalue weighted by Crippen LogP contribution is 2.18. The minimum atomic E-state index is 0.292. The second kappa shape index (κ2) is 5.42. The van der Waals surface area contributed by atoms with E-state index in [0.29, 0.717) is 5.75 Å². The van der Waals surface area contributed by atoms with Crippen molar-refractivity contribution >= 4 is 6.08 Å². The van der Waals surface area contributed by atoms with E-state index in [0.717, 1.165) is 11.1 Å². The third-order valence-electron chi connectivity index (χ3n) is 1.40. The number of phenols is 1. The molecule has 66 valence electrons. The summed E-state index contributed by atoms with van der Waals surface area (Å²) in [6.07, 6.45) is 1.64. The summed E-state index contributed by atoms with van der Waals surface area (Å²) in [5.41, 5.74) is 1.92. The highest BCUT2D eigenvalue weighted by molar-refractivity contribution is 5.55. The van der Waals surface area contributed by atoms with Crippen LogP contribution >= 0.6 is 0 Å². The first-order valence-electron chi connectivity index (χ1n) is 4.16. The van der Waals surface area contributed by atoms with Crippen molar-refractivity contribution in [1.29, 1.82) is 0 Å². The van der Waals surface area contributed by atoms with Gasteiger partial charge >= 0.3 is 0 Å². The predicted molar refractivity (Wildman–Crippen MR) is 54.3 cm³/mol. The van der Waals surface area contributed by atoms with Crippen LogP contribution in [0.5, 0.6) is 5.75 Å². The standard InChI is InChI=1S/C9H10O.C2H6/c1-3-8-6-7(2)4-5-9(8)10;1-2/h3-6,10H,1H2,2H3;1-2H3. The monoisotopic (exact) mass is 164 g/mol. The van der Waals surface area contributed by atoms with Gasteiger partial charge in [0.2, 0.25) is 0 Å². The van der Waals surface area contributed by atoms with Crippen molar-refractivity contribution in [3.63, 3.8) is 0 Å². The molecule has 0 spiro atoms. The Morgan fingerprint density at radius 2 is 1.92 bits per heavy atom. The lowest BCUT2D eigenvalue weighted by Gasteiger charge is -1.98. The molecule has 0 saturated heterocycles. The molecule has 1 rings (SSSR count). The van der Waals surface area contributed by atoms with Crippen LogP contribution in [0.3, 0.4) is 0 Å². The summed E-state index contributed by atoms with van der Waals surface area (Å²) in [5, 5.41) is 9.16. The van der Waals surface area contributed by atoms with Crippen LogP contribution < -0.4 is 0 Å². The zero-order chi connectivity index (χ0) is 9.56. The Bertz CT molecular complexity index is 251. The summed E-state index contributed by atoms with van der Waals surface area (Å²) in [6.45, 7) is 9.55. The summed E-state index contributed by atoms with van der Waals surface area (Å²) in [4.78, 5) is 0. The minimum absolute atomic E-state index is 0.292. The van der Waals surface area contributed by atoms with E-state index >= 15 is 0 Å². The first-order chi connectivity index (χ1) is 5.74. The van der Waals surface area contributed by atoms with E-state index in [1.54, 1.807) is 12.1 Å². The summed E-state index contributed by atoms with van der Waals surface area (Å²) in [5.74, 6) is 0.292. The molecule has 0 fully saturated rings. The van der Waals surface area contributed by atoms with Gasteiger partial charge in [-0.05, 0) is 19.1 Å². The first-order valence-corrected chi connectivity index (χ1v) is 4.16. The Balaban J connectivity index is 0.000000561. The summed E-state index contributed by atoms with van der Waals surface area (Å²) >= 11 is 0. The molecule has 0 aromatic heterocycles. The van der Waals surface area contributed by atoms with Gasteiger partial charge in [0.25, 0.3) is 0 Å². The SMILES string of the molecule is C=Cc1cc(C)ccc1O.CC. The third kappa shape index (κ3) is 2.79. The molecule has 0 aliphatic heterocycles. The van der Waals surface area contributed by atoms with E-state index in [-0.39, 0.29) is 0 Å². The van der Waals surface area contributed by atoms with E-state index in [2.05, 4.69) is 6.58 Å². The van der Waals surface area contributed by atoms with E-state index in [1.807, 2.05) is 32.9 Å². The van der Waals surface area contributed by atoms with Crippen molar-refractivity contribution in [3.05, 3.63) is 35.9 Å². The number of hydrogen-bond acceptors (Lipinski definition) is 1. The van der Waals surface area contributed by atoms with Gasteiger partial charge in [0, 0.05) is 5.56 Å². The highest BCUT2D eigenvalue weighted by atomic mass is 16.3. The number of hydrogen-bond donors (Lipinski definition) is 1. The summed E-state index contributed by atoms with van der Waals surface area (Å²) < 4.78 is 0. The minimum Gasteiger partial charge on any atom is -0.507 e. The molecule has 1 aromatic carbocycles. The van der Waals surface area contributed by atoms with Gasteiger partial charge in [0.05, 0.1) is 0 Å². The molecular formula is C11H16O. The maximum Gasteiger partial charge on any atom is 0.122 e. The lowest BCUT2D eigenvalue weighted by Crippen LogP contribution is -1.75. The largest absolute Gasteiger partial charge is 0.507 e. The smallest absolute Gasteiger partial charge is 0.122 e. The second-order valence-corrected chi connectivity index (χ2v) is 2.27. The Hall–Kier alpha value is -1.24. The van der Waals surface area contributed by atoms with Crippen LogP contribution in [0.2, 0.25) is 0 Å². The fraction of sp³-hybridized carbons (Fsp3) is 0.273. The second-order valence-electron chi connectivity index (χ2n) is 2.27. The average Bonchev–Trinajstić information content (AvgIpc) is 2.13. The molecule has 0 saturated carbocycles. The fourth-order valence-corrected chi connectivity index (χ4v) is 0.837. The molecule has 0 radical (unpaired) electrons. The van der Waals surface area contributed by atoms with Crippen LogP contribution in [-0.4, -0.2) is 5.11 Å². The van der Waals surface area contributed by atoms with Crippen molar-refractivity contribution < 1.29 is 5.11 Å². The topological polar surface area (TPSA) is 20.2 Å². The molecule has 1 N–H and O–H groups in total. The van der Waals surface area contributed by atoms with Gasteiger partial charge in [-0.15, -0.1) is 0 Å². The maximum atomic E-state index is 9.16. The Labute approximate surface area is 74.4 Å². The number of rotatable bonds is 1. The maximum absolute atomic E-state index is 9.16. The summed E-state index contributed by atoms with van der Waals surface area (Å²) in [6, 6.07) is 5.43. The van der Waals surface area contributed by atoms with E-state index < -0.39 is 0 Å². The zero-order valence-electron chi connectivity index (χ0n) is 7.96. The van der Waals surface area contributed by atoms with Crippen molar-refractivity contribution in [3.8, 4) is 5.75 Å². The molecule has 0 aliphatic rings. The van der Waals surface area contributed by atoms with Crippen LogP contribution in [0.15, 0.2) is 24.8 Å². The van der Waals surface area contributed by atoms with Crippen LogP contribution in [-0.2, 0) is 0 Å². The predicted octanol–water partition coefficient (Wildman–Crippen LogP) is 3.37. The number of aryl methyl sites for hydroxylation is 1. The molecule has 0 bridgehead atoms. The number of aromatic hydroxyl groups is 1. The van der Waals surface area contributed by atoms with Gasteiger partial charge in [-0.2, -0.15) is 0 Å². The van der Waals surface area contributed by atoms with E-state index in [1.165, 1.54) is 0 Å². The lowest BCUT2D eigenvalue weighted by atomic mass is 10.1. The van der Waals surface area contributed by atoms with E-state index in [9.17, 15) is 0 Å². The molecular weight excluding hydrogens is 148 g/mol. The highest BCUT2D eigenvalue weighted by Gasteiger charge is 1.94. The quantitative estimate of drug-likeness (QED) is 0.674. The lowest BCUT2D eigenvalue weighted by molar-refractivity contribution is 0.474. The third-order valence-corrected chi connectivity index (χ3v) is 1.40. The molecule has 1 nitrogen and oxygen atoms in total. The average molecular weight is 164 g/mol. The first kappa shape index (κ1) is 10.8. The van der Waals surface area contributed by atoms with Crippen molar-refractivity contribution in [1.82, 2.24) is 0 Å². The van der Waals surface area contributed by atoms with Crippen LogP contribution in [0, 0.1) is 6.92 Å². The van der Waals surface area contributed by atoms with Gasteiger partial charge < -0.3 is 5.11 Å². The van der Waals surface area contributed by atoms with Gasteiger partial charge in [-0.25, -0.2) is 0 Å². The Kier molecular flexibility index (Phi) is 4.86. The van der Waals surface area contributed by atoms with Gasteiger partial charge in [-0.1, -0.05) is 38.1 Å². The van der Waals surface area contributed by atoms with Crippen LogP contribution in [0.25, 0.3) is 6.08 Å². The van der Waals surface area contributed by atoms with E-state index in [4.69, 9.17) is 5.11 Å². The molecule has 0 unspecified atom stereocenters. The van der Waals surface area contributed by atoms with Crippen molar-refractivity contribution in [2.75, 3.05) is 0 Å². The van der Waals surface area contributed by atoms with Gasteiger partial charge in [-0.3, -0.25) is 0 Å². The van der Waals surface area contributed by atoms with Gasteiger partial charge in [0.1, 0.15) is 5.75 Å². The Morgan fingerprint density at radius 3 is 2.33 bits per heavy atom. The molecule has 1 heteroatoms. The molecule has 1 aromatic rings. The number of phenolic OH excluding ortho intramolecular Hbond substituents is 1. The zero-order valence-corrected chi connectivity index (χ0v) is 7.96. The number of benzene rings is 1. The normalized spacial score (nSPS) is 8.25. The molecule has 0 amide bonds. The molecule has 12 heavy (non-hydrogen) atoms. The van der Waals surface area contributed by atoms with Crippen molar-refractivity contribution in [2.24, 2.45) is 0 Å². The van der Waals surface area contributed by atoms with Gasteiger partial charge in [0.15, 0.2) is 0 Å².